The monoisotopic (exact) mass is 229 g/mol. The molecule has 3 nitrogen and oxygen atoms in total. The topological polar surface area (TPSA) is 49.3 Å². The van der Waals surface area contributed by atoms with Crippen LogP contribution in [0.15, 0.2) is 0 Å². The predicted molar refractivity (Wildman–Crippen MR) is 61.8 cm³/mol. The molecule has 4 heteroatoms. The average molecular weight is 229 g/mol. The normalized spacial score (nSPS) is 35.7. The summed E-state index contributed by atoms with van der Waals surface area (Å²) in [5.74, 6) is 2.79. The minimum Gasteiger partial charge on any atom is -0.393 e. The van der Waals surface area contributed by atoms with Gasteiger partial charge < -0.3 is 10.4 Å². The number of aliphatic hydroxyl groups excluding tert-OH is 1. The Bertz CT molecular complexity index is 229. The summed E-state index contributed by atoms with van der Waals surface area (Å²) >= 11 is 1.86. The van der Waals surface area contributed by atoms with Gasteiger partial charge in [0.2, 0.25) is 5.91 Å². The first-order valence-electron chi connectivity index (χ1n) is 5.81. The maximum atomic E-state index is 11.7. The van der Waals surface area contributed by atoms with Crippen molar-refractivity contribution in [1.29, 1.82) is 0 Å². The molecule has 2 rings (SSSR count). The highest BCUT2D eigenvalue weighted by Gasteiger charge is 2.27. The molecule has 1 aliphatic heterocycles. The van der Waals surface area contributed by atoms with Gasteiger partial charge in [0, 0.05) is 24.1 Å². The lowest BCUT2D eigenvalue weighted by Crippen LogP contribution is -2.36. The molecule has 0 aromatic rings. The van der Waals surface area contributed by atoms with E-state index in [4.69, 9.17) is 0 Å². The Kier molecular flexibility index (Phi) is 3.92. The van der Waals surface area contributed by atoms with Crippen LogP contribution in [0.4, 0.5) is 0 Å². The van der Waals surface area contributed by atoms with Gasteiger partial charge >= 0.3 is 0 Å². The lowest BCUT2D eigenvalue weighted by atomic mass is 10.0. The molecule has 0 radical (unpaired) electrons. The summed E-state index contributed by atoms with van der Waals surface area (Å²) < 4.78 is 0. The third-order valence-electron chi connectivity index (χ3n) is 3.46. The summed E-state index contributed by atoms with van der Waals surface area (Å²) in [6.45, 7) is 0.668. The standard InChI is InChI=1S/C11H19NO2S/c13-10-3-1-2-8(10)6-12-11(14)9-4-5-15-7-9/h8-10,13H,1-7H2,(H,12,14). The Hall–Kier alpha value is -0.220. The number of hydrogen-bond acceptors (Lipinski definition) is 3. The lowest BCUT2D eigenvalue weighted by molar-refractivity contribution is -0.124. The molecule has 3 unspecified atom stereocenters. The van der Waals surface area contributed by atoms with E-state index in [2.05, 4.69) is 5.32 Å². The largest absolute Gasteiger partial charge is 0.393 e. The van der Waals surface area contributed by atoms with E-state index in [1.165, 1.54) is 0 Å². The maximum absolute atomic E-state index is 11.7. The second-order valence-electron chi connectivity index (χ2n) is 4.56. The number of hydrogen-bond donors (Lipinski definition) is 2. The summed E-state index contributed by atoms with van der Waals surface area (Å²) in [6.07, 6.45) is 3.88. The van der Waals surface area contributed by atoms with Crippen molar-refractivity contribution in [1.82, 2.24) is 5.32 Å². The van der Waals surface area contributed by atoms with Gasteiger partial charge in [0.15, 0.2) is 0 Å². The summed E-state index contributed by atoms with van der Waals surface area (Å²) in [6, 6.07) is 0. The molecule has 0 aromatic heterocycles. The zero-order valence-corrected chi connectivity index (χ0v) is 9.76. The van der Waals surface area contributed by atoms with Crippen LogP contribution in [-0.4, -0.2) is 35.2 Å². The van der Waals surface area contributed by atoms with Crippen LogP contribution >= 0.6 is 11.8 Å². The highest BCUT2D eigenvalue weighted by molar-refractivity contribution is 7.99. The van der Waals surface area contributed by atoms with Gasteiger partial charge in [-0.3, -0.25) is 4.79 Å². The Balaban J connectivity index is 1.70. The molecule has 1 saturated carbocycles. The molecule has 86 valence electrons. The molecule has 1 saturated heterocycles. The highest BCUT2D eigenvalue weighted by Crippen LogP contribution is 2.26. The average Bonchev–Trinajstić information content (AvgIpc) is 2.85. The van der Waals surface area contributed by atoms with Gasteiger partial charge in [0.1, 0.15) is 0 Å². The van der Waals surface area contributed by atoms with Crippen LogP contribution in [0.2, 0.25) is 0 Å². The molecule has 2 aliphatic rings. The fourth-order valence-electron chi connectivity index (χ4n) is 2.37. The van der Waals surface area contributed by atoms with Crippen LogP contribution in [0.25, 0.3) is 0 Å². The molecule has 3 atom stereocenters. The first-order chi connectivity index (χ1) is 7.27. The van der Waals surface area contributed by atoms with E-state index in [1.54, 1.807) is 0 Å². The van der Waals surface area contributed by atoms with Crippen molar-refractivity contribution < 1.29 is 9.90 Å². The number of aliphatic hydroxyl groups is 1. The number of rotatable bonds is 3. The first-order valence-corrected chi connectivity index (χ1v) is 6.96. The van der Waals surface area contributed by atoms with Crippen LogP contribution < -0.4 is 5.32 Å². The Morgan fingerprint density at radius 1 is 1.40 bits per heavy atom. The molecule has 2 fully saturated rings. The molecule has 2 N–H and O–H groups in total. The van der Waals surface area contributed by atoms with Gasteiger partial charge in [-0.1, -0.05) is 6.42 Å². The van der Waals surface area contributed by atoms with Crippen molar-refractivity contribution in [2.24, 2.45) is 11.8 Å². The van der Waals surface area contributed by atoms with Crippen molar-refractivity contribution in [3.8, 4) is 0 Å². The number of thioether (sulfide) groups is 1. The fourth-order valence-corrected chi connectivity index (χ4v) is 3.59. The molecule has 0 aromatic carbocycles. The fraction of sp³-hybridized carbons (Fsp3) is 0.909. The third kappa shape index (κ3) is 2.88. The molecule has 1 aliphatic carbocycles. The van der Waals surface area contributed by atoms with Crippen LogP contribution in [0, 0.1) is 11.8 Å². The van der Waals surface area contributed by atoms with E-state index >= 15 is 0 Å². The molecular formula is C11H19NO2S. The molecular weight excluding hydrogens is 210 g/mol. The lowest BCUT2D eigenvalue weighted by Gasteiger charge is -2.16. The minimum atomic E-state index is -0.191. The summed E-state index contributed by atoms with van der Waals surface area (Å²) in [5.41, 5.74) is 0. The Labute approximate surface area is 95.0 Å². The van der Waals surface area contributed by atoms with Crippen LogP contribution in [0.1, 0.15) is 25.7 Å². The number of amides is 1. The summed E-state index contributed by atoms with van der Waals surface area (Å²) in [7, 11) is 0. The smallest absolute Gasteiger partial charge is 0.223 e. The summed E-state index contributed by atoms with van der Waals surface area (Å²) in [5, 5.41) is 12.6. The van der Waals surface area contributed by atoms with Crippen molar-refractivity contribution in [2.75, 3.05) is 18.1 Å². The van der Waals surface area contributed by atoms with Gasteiger partial charge in [0.25, 0.3) is 0 Å². The first kappa shape index (κ1) is 11.3. The van der Waals surface area contributed by atoms with E-state index in [9.17, 15) is 9.90 Å². The molecule has 1 heterocycles. The van der Waals surface area contributed by atoms with Gasteiger partial charge in [-0.15, -0.1) is 0 Å². The van der Waals surface area contributed by atoms with Crippen molar-refractivity contribution in [2.45, 2.75) is 31.8 Å². The van der Waals surface area contributed by atoms with Gasteiger partial charge in [-0.05, 0) is 25.0 Å². The molecule has 0 bridgehead atoms. The Morgan fingerprint density at radius 3 is 2.87 bits per heavy atom. The minimum absolute atomic E-state index is 0.191. The quantitative estimate of drug-likeness (QED) is 0.759. The number of carbonyl (C=O) groups excluding carboxylic acids is 1. The zero-order chi connectivity index (χ0) is 10.7. The van der Waals surface area contributed by atoms with Crippen LogP contribution in [0.5, 0.6) is 0 Å². The van der Waals surface area contributed by atoms with Crippen molar-refractivity contribution >= 4 is 17.7 Å². The van der Waals surface area contributed by atoms with E-state index < -0.39 is 0 Å². The molecule has 0 spiro atoms. The summed E-state index contributed by atoms with van der Waals surface area (Å²) in [4.78, 5) is 11.7. The molecule has 15 heavy (non-hydrogen) atoms. The van der Waals surface area contributed by atoms with Crippen LogP contribution in [0.3, 0.4) is 0 Å². The van der Waals surface area contributed by atoms with E-state index in [0.717, 1.165) is 37.2 Å². The number of carbonyl (C=O) groups is 1. The Morgan fingerprint density at radius 2 is 2.27 bits per heavy atom. The van der Waals surface area contributed by atoms with Crippen LogP contribution in [-0.2, 0) is 4.79 Å². The second kappa shape index (κ2) is 5.21. The third-order valence-corrected chi connectivity index (χ3v) is 4.62. The second-order valence-corrected chi connectivity index (χ2v) is 5.71. The SMILES string of the molecule is O=C(NCC1CCCC1O)C1CCSC1. The van der Waals surface area contributed by atoms with E-state index in [0.29, 0.717) is 12.5 Å². The highest BCUT2D eigenvalue weighted by atomic mass is 32.2. The van der Waals surface area contributed by atoms with Crippen molar-refractivity contribution in [3.63, 3.8) is 0 Å². The van der Waals surface area contributed by atoms with Gasteiger partial charge in [-0.2, -0.15) is 11.8 Å². The number of nitrogens with one attached hydrogen (secondary N) is 1. The van der Waals surface area contributed by atoms with E-state index in [-0.39, 0.29) is 17.9 Å². The molecule has 1 amide bonds. The van der Waals surface area contributed by atoms with Gasteiger partial charge in [-0.25, -0.2) is 0 Å². The van der Waals surface area contributed by atoms with Crippen molar-refractivity contribution in [3.05, 3.63) is 0 Å². The predicted octanol–water partition coefficient (Wildman–Crippen LogP) is 1.02. The van der Waals surface area contributed by atoms with Gasteiger partial charge in [0.05, 0.1) is 6.10 Å². The van der Waals surface area contributed by atoms with E-state index in [1.807, 2.05) is 11.8 Å². The maximum Gasteiger partial charge on any atom is 0.223 e. The zero-order valence-electron chi connectivity index (χ0n) is 8.95.